The van der Waals surface area contributed by atoms with E-state index in [1.807, 2.05) is 13.8 Å². The Balaban J connectivity index is 1.75. The monoisotopic (exact) mass is 393 g/mol. The van der Waals surface area contributed by atoms with Crippen molar-refractivity contribution in [3.8, 4) is 5.75 Å². The second-order valence-electron chi connectivity index (χ2n) is 6.45. The summed E-state index contributed by atoms with van der Waals surface area (Å²) in [6, 6.07) is 10.7. The van der Waals surface area contributed by atoms with Crippen LogP contribution in [0.3, 0.4) is 0 Å². The molecule has 1 fully saturated rings. The van der Waals surface area contributed by atoms with Crippen molar-refractivity contribution in [1.29, 1.82) is 0 Å². The quantitative estimate of drug-likeness (QED) is 0.590. The minimum absolute atomic E-state index is 0.0768. The zero-order chi connectivity index (χ0) is 19.6. The molecule has 2 aromatic carbocycles. The topological polar surface area (TPSA) is 72.9 Å². The number of hydrogen-bond acceptors (Lipinski definition) is 5. The van der Waals surface area contributed by atoms with E-state index >= 15 is 0 Å². The molecule has 27 heavy (non-hydrogen) atoms. The van der Waals surface area contributed by atoms with Gasteiger partial charge in [0, 0.05) is 19.2 Å². The Bertz CT molecular complexity index is 919. The van der Waals surface area contributed by atoms with Crippen molar-refractivity contribution in [2.24, 2.45) is 0 Å². The summed E-state index contributed by atoms with van der Waals surface area (Å²) in [6.45, 7) is 4.19. The first-order valence-electron chi connectivity index (χ1n) is 8.49. The lowest BCUT2D eigenvalue weighted by Crippen LogP contribution is -2.48. The highest BCUT2D eigenvalue weighted by Crippen LogP contribution is 2.22. The van der Waals surface area contributed by atoms with Gasteiger partial charge in [0.2, 0.25) is 10.0 Å². The maximum absolute atomic E-state index is 13.2. The Hall–Kier alpha value is -2.29. The Labute approximate surface area is 157 Å². The lowest BCUT2D eigenvalue weighted by molar-refractivity contribution is -0.0440. The number of carbonyl (C=O) groups excluding carboxylic acids is 1. The molecule has 0 saturated carbocycles. The summed E-state index contributed by atoms with van der Waals surface area (Å²) >= 11 is 0. The van der Waals surface area contributed by atoms with Gasteiger partial charge in [-0.15, -0.1) is 0 Å². The van der Waals surface area contributed by atoms with E-state index in [1.54, 1.807) is 0 Å². The summed E-state index contributed by atoms with van der Waals surface area (Å²) in [7, 11) is -3.68. The Morgan fingerprint density at radius 3 is 2.33 bits per heavy atom. The van der Waals surface area contributed by atoms with Crippen LogP contribution in [0.2, 0.25) is 0 Å². The van der Waals surface area contributed by atoms with Crippen LogP contribution < -0.4 is 4.74 Å². The fourth-order valence-corrected chi connectivity index (χ4v) is 4.53. The van der Waals surface area contributed by atoms with E-state index in [1.165, 1.54) is 46.8 Å². The van der Waals surface area contributed by atoms with Crippen molar-refractivity contribution in [2.75, 3.05) is 13.1 Å². The first kappa shape index (κ1) is 19.5. The minimum Gasteiger partial charge on any atom is -0.423 e. The molecule has 0 radical (unpaired) electrons. The molecule has 0 bridgehead atoms. The maximum atomic E-state index is 13.2. The highest BCUT2D eigenvalue weighted by atomic mass is 32.2. The molecule has 2 unspecified atom stereocenters. The van der Waals surface area contributed by atoms with E-state index in [0.717, 1.165) is 6.07 Å². The largest absolute Gasteiger partial charge is 0.423 e. The van der Waals surface area contributed by atoms with Gasteiger partial charge in [-0.3, -0.25) is 0 Å². The highest BCUT2D eigenvalue weighted by Gasteiger charge is 2.32. The van der Waals surface area contributed by atoms with Gasteiger partial charge in [0.25, 0.3) is 0 Å². The molecule has 2 aromatic rings. The van der Waals surface area contributed by atoms with Crippen LogP contribution in [-0.2, 0) is 14.8 Å². The van der Waals surface area contributed by atoms with Crippen LogP contribution >= 0.6 is 0 Å². The van der Waals surface area contributed by atoms with Gasteiger partial charge in [-0.1, -0.05) is 6.07 Å². The van der Waals surface area contributed by atoms with Crippen LogP contribution in [0.25, 0.3) is 0 Å². The van der Waals surface area contributed by atoms with Crippen molar-refractivity contribution < 1.29 is 27.1 Å². The number of esters is 1. The molecule has 2 atom stereocenters. The first-order valence-corrected chi connectivity index (χ1v) is 9.93. The third kappa shape index (κ3) is 4.52. The Morgan fingerprint density at radius 2 is 1.74 bits per heavy atom. The Kier molecular flexibility index (Phi) is 5.59. The number of benzene rings is 2. The number of hydrogen-bond donors (Lipinski definition) is 0. The van der Waals surface area contributed by atoms with Gasteiger partial charge in [-0.2, -0.15) is 4.31 Å². The summed E-state index contributed by atoms with van der Waals surface area (Å²) in [5, 5.41) is 0. The molecular weight excluding hydrogens is 373 g/mol. The van der Waals surface area contributed by atoms with Gasteiger partial charge in [0.05, 0.1) is 22.7 Å². The van der Waals surface area contributed by atoms with Crippen LogP contribution in [0.5, 0.6) is 5.75 Å². The zero-order valence-corrected chi connectivity index (χ0v) is 15.8. The molecule has 1 saturated heterocycles. The summed E-state index contributed by atoms with van der Waals surface area (Å²) < 4.78 is 50.8. The Morgan fingerprint density at radius 1 is 1.11 bits per heavy atom. The van der Waals surface area contributed by atoms with Crippen LogP contribution in [0.4, 0.5) is 4.39 Å². The number of carbonyl (C=O) groups is 1. The van der Waals surface area contributed by atoms with Crippen molar-refractivity contribution in [3.05, 3.63) is 59.9 Å². The lowest BCUT2D eigenvalue weighted by Gasteiger charge is -2.34. The third-order valence-corrected chi connectivity index (χ3v) is 5.97. The summed E-state index contributed by atoms with van der Waals surface area (Å²) in [4.78, 5) is 12.2. The molecule has 8 heteroatoms. The van der Waals surface area contributed by atoms with Crippen molar-refractivity contribution in [3.63, 3.8) is 0 Å². The molecule has 0 amide bonds. The van der Waals surface area contributed by atoms with Gasteiger partial charge >= 0.3 is 5.97 Å². The second kappa shape index (κ2) is 7.75. The summed E-state index contributed by atoms with van der Waals surface area (Å²) in [5.41, 5.74) is 0.168. The van der Waals surface area contributed by atoms with Crippen molar-refractivity contribution >= 4 is 16.0 Å². The number of morpholine rings is 1. The molecular formula is C19H20FNO5S. The molecule has 0 aromatic heterocycles. The van der Waals surface area contributed by atoms with E-state index in [-0.39, 0.29) is 41.5 Å². The molecule has 1 heterocycles. The number of nitrogens with zero attached hydrogens (tertiary/aromatic N) is 1. The molecule has 0 aliphatic carbocycles. The van der Waals surface area contributed by atoms with E-state index in [2.05, 4.69) is 0 Å². The molecule has 1 aliphatic rings. The van der Waals surface area contributed by atoms with Gasteiger partial charge in [-0.05, 0) is 50.2 Å². The standard InChI is InChI=1S/C19H20FNO5S/c1-13-11-21(12-14(2)25-13)27(23,24)18-8-6-15(7-9-18)19(22)26-17-5-3-4-16(20)10-17/h3-10,13-14H,11-12H2,1-2H3. The van der Waals surface area contributed by atoms with Crippen molar-refractivity contribution in [2.45, 2.75) is 31.0 Å². The summed E-state index contributed by atoms with van der Waals surface area (Å²) in [6.07, 6.45) is -0.381. The van der Waals surface area contributed by atoms with E-state index in [4.69, 9.17) is 9.47 Å². The highest BCUT2D eigenvalue weighted by molar-refractivity contribution is 7.89. The third-order valence-electron chi connectivity index (χ3n) is 4.12. The van der Waals surface area contributed by atoms with Crippen LogP contribution in [-0.4, -0.2) is 44.0 Å². The zero-order valence-electron chi connectivity index (χ0n) is 15.0. The van der Waals surface area contributed by atoms with Gasteiger partial charge in [0.15, 0.2) is 0 Å². The number of halogens is 1. The summed E-state index contributed by atoms with van der Waals surface area (Å²) in [5.74, 6) is -1.14. The normalized spacial score (nSPS) is 21.0. The first-order chi connectivity index (χ1) is 12.8. The number of ether oxygens (including phenoxy) is 2. The van der Waals surface area contributed by atoms with E-state index < -0.39 is 21.8 Å². The van der Waals surface area contributed by atoms with Gasteiger partial charge in [-0.25, -0.2) is 17.6 Å². The molecule has 6 nitrogen and oxygen atoms in total. The molecule has 3 rings (SSSR count). The van der Waals surface area contributed by atoms with E-state index in [0.29, 0.717) is 0 Å². The fourth-order valence-electron chi connectivity index (χ4n) is 2.94. The van der Waals surface area contributed by atoms with Gasteiger partial charge in [0.1, 0.15) is 11.6 Å². The van der Waals surface area contributed by atoms with Gasteiger partial charge < -0.3 is 9.47 Å². The van der Waals surface area contributed by atoms with Crippen molar-refractivity contribution in [1.82, 2.24) is 4.31 Å². The van der Waals surface area contributed by atoms with Crippen LogP contribution in [0, 0.1) is 5.82 Å². The average Bonchev–Trinajstić information content (AvgIpc) is 2.61. The predicted octanol–water partition coefficient (Wildman–Crippen LogP) is 2.84. The molecule has 0 N–H and O–H groups in total. The maximum Gasteiger partial charge on any atom is 0.343 e. The smallest absolute Gasteiger partial charge is 0.343 e. The SMILES string of the molecule is CC1CN(S(=O)(=O)c2ccc(C(=O)Oc3cccc(F)c3)cc2)CC(C)O1. The van der Waals surface area contributed by atoms with E-state index in [9.17, 15) is 17.6 Å². The van der Waals surface area contributed by atoms with Crippen LogP contribution in [0.1, 0.15) is 24.2 Å². The number of sulfonamides is 1. The fraction of sp³-hybridized carbons (Fsp3) is 0.316. The van der Waals surface area contributed by atoms with Crippen LogP contribution in [0.15, 0.2) is 53.4 Å². The molecule has 144 valence electrons. The average molecular weight is 393 g/mol. The molecule has 0 spiro atoms. The predicted molar refractivity (Wildman–Crippen MR) is 96.6 cm³/mol. The lowest BCUT2D eigenvalue weighted by atomic mass is 10.2. The number of rotatable bonds is 4. The second-order valence-corrected chi connectivity index (χ2v) is 8.39. The molecule has 1 aliphatic heterocycles. The minimum atomic E-state index is -3.68.